The SMILES string of the molecule is C=CC(=O)NC1CC(C)(C)N(S(=O)(=O)c2ccc(OCCc3ccccc3)nc2)C1(C)C. The number of hydrogen-bond donors (Lipinski definition) is 1. The number of aromatic nitrogens is 1. The highest BCUT2D eigenvalue weighted by Gasteiger charge is 2.57. The number of carbonyl (C=O) groups is 1. The van der Waals surface area contributed by atoms with Crippen molar-refractivity contribution < 1.29 is 17.9 Å². The molecule has 1 aromatic heterocycles. The molecule has 1 atom stereocenters. The molecular formula is C24H31N3O4S. The fraction of sp³-hybridized carbons (Fsp3) is 0.417. The van der Waals surface area contributed by atoms with Crippen LogP contribution in [0.25, 0.3) is 0 Å². The molecule has 0 saturated carbocycles. The molecule has 172 valence electrons. The zero-order valence-electron chi connectivity index (χ0n) is 19.0. The fourth-order valence-electron chi connectivity index (χ4n) is 4.48. The van der Waals surface area contributed by atoms with Gasteiger partial charge >= 0.3 is 0 Å². The second-order valence-electron chi connectivity index (χ2n) is 9.12. The van der Waals surface area contributed by atoms with Crippen LogP contribution >= 0.6 is 0 Å². The Morgan fingerprint density at radius 3 is 2.50 bits per heavy atom. The molecule has 7 nitrogen and oxygen atoms in total. The third-order valence-electron chi connectivity index (χ3n) is 5.86. The zero-order valence-corrected chi connectivity index (χ0v) is 19.9. The molecule has 1 aromatic carbocycles. The number of ether oxygens (including phenoxy) is 1. The van der Waals surface area contributed by atoms with Crippen LogP contribution in [0.4, 0.5) is 0 Å². The maximum Gasteiger partial charge on any atom is 0.245 e. The largest absolute Gasteiger partial charge is 0.477 e. The second-order valence-corrected chi connectivity index (χ2v) is 10.9. The van der Waals surface area contributed by atoms with Gasteiger partial charge in [-0.05, 0) is 51.8 Å². The number of hydrogen-bond acceptors (Lipinski definition) is 5. The van der Waals surface area contributed by atoms with Gasteiger partial charge in [-0.2, -0.15) is 4.31 Å². The van der Waals surface area contributed by atoms with Crippen molar-refractivity contribution >= 4 is 15.9 Å². The van der Waals surface area contributed by atoms with Crippen LogP contribution in [0, 0.1) is 0 Å². The number of benzene rings is 1. The third kappa shape index (κ3) is 4.86. The van der Waals surface area contributed by atoms with Crippen molar-refractivity contribution in [1.29, 1.82) is 0 Å². The molecule has 2 heterocycles. The zero-order chi connectivity index (χ0) is 23.6. The van der Waals surface area contributed by atoms with Crippen LogP contribution in [-0.2, 0) is 21.2 Å². The number of amides is 1. The topological polar surface area (TPSA) is 88.6 Å². The van der Waals surface area contributed by atoms with Crippen molar-refractivity contribution in [3.63, 3.8) is 0 Å². The van der Waals surface area contributed by atoms with Crippen LogP contribution in [0.1, 0.15) is 39.7 Å². The van der Waals surface area contributed by atoms with Crippen LogP contribution < -0.4 is 10.1 Å². The van der Waals surface area contributed by atoms with E-state index < -0.39 is 21.1 Å². The monoisotopic (exact) mass is 457 g/mol. The quantitative estimate of drug-likeness (QED) is 0.615. The van der Waals surface area contributed by atoms with Gasteiger partial charge in [0.15, 0.2) is 0 Å². The lowest BCUT2D eigenvalue weighted by atomic mass is 9.94. The smallest absolute Gasteiger partial charge is 0.245 e. The van der Waals surface area contributed by atoms with Crippen molar-refractivity contribution in [1.82, 2.24) is 14.6 Å². The first-order chi connectivity index (χ1) is 15.0. The van der Waals surface area contributed by atoms with E-state index in [0.29, 0.717) is 18.9 Å². The van der Waals surface area contributed by atoms with E-state index in [1.165, 1.54) is 22.6 Å². The Morgan fingerprint density at radius 2 is 1.91 bits per heavy atom. The molecule has 32 heavy (non-hydrogen) atoms. The molecule has 1 aliphatic heterocycles. The van der Waals surface area contributed by atoms with Gasteiger partial charge in [0.1, 0.15) is 4.90 Å². The molecule has 1 fully saturated rings. The Morgan fingerprint density at radius 1 is 1.22 bits per heavy atom. The fourth-order valence-corrected chi connectivity index (χ4v) is 6.58. The standard InChI is InChI=1S/C24H31N3O4S/c1-6-21(28)26-20-16-23(2,3)27(24(20,4)5)32(29,30)19-12-13-22(25-17-19)31-15-14-18-10-8-7-9-11-18/h6-13,17,20H,1,14-16H2,2-5H3,(H,26,28). The molecule has 1 saturated heterocycles. The predicted octanol–water partition coefficient (Wildman–Crippen LogP) is 3.33. The molecule has 1 aliphatic rings. The Kier molecular flexibility index (Phi) is 6.76. The lowest BCUT2D eigenvalue weighted by molar-refractivity contribution is -0.117. The molecular weight excluding hydrogens is 426 g/mol. The van der Waals surface area contributed by atoms with Crippen LogP contribution in [0.3, 0.4) is 0 Å². The molecule has 0 radical (unpaired) electrons. The molecule has 1 amide bonds. The Bertz CT molecular complexity index is 1060. The van der Waals surface area contributed by atoms with E-state index in [9.17, 15) is 13.2 Å². The van der Waals surface area contributed by atoms with Gasteiger partial charge < -0.3 is 10.1 Å². The minimum atomic E-state index is -3.87. The molecule has 0 bridgehead atoms. The van der Waals surface area contributed by atoms with Gasteiger partial charge in [0.25, 0.3) is 0 Å². The molecule has 8 heteroatoms. The van der Waals surface area contributed by atoms with Crippen molar-refractivity contribution in [2.45, 2.75) is 62.6 Å². The summed E-state index contributed by atoms with van der Waals surface area (Å²) < 4.78 is 34.3. The summed E-state index contributed by atoms with van der Waals surface area (Å²) in [6.07, 6.45) is 3.74. The summed E-state index contributed by atoms with van der Waals surface area (Å²) >= 11 is 0. The first-order valence-electron chi connectivity index (χ1n) is 10.6. The summed E-state index contributed by atoms with van der Waals surface area (Å²) in [4.78, 5) is 16.2. The maximum absolute atomic E-state index is 13.6. The summed E-state index contributed by atoms with van der Waals surface area (Å²) in [5.74, 6) is 0.0488. The average molecular weight is 458 g/mol. The van der Waals surface area contributed by atoms with Gasteiger partial charge in [0, 0.05) is 24.1 Å². The van der Waals surface area contributed by atoms with E-state index in [2.05, 4.69) is 16.9 Å². The van der Waals surface area contributed by atoms with Crippen molar-refractivity contribution in [2.75, 3.05) is 6.61 Å². The molecule has 2 aromatic rings. The molecule has 3 rings (SSSR count). The lowest BCUT2D eigenvalue weighted by Gasteiger charge is -2.40. The van der Waals surface area contributed by atoms with Crippen molar-refractivity contribution in [2.24, 2.45) is 0 Å². The first kappa shape index (κ1) is 23.9. The third-order valence-corrected chi connectivity index (χ3v) is 8.15. The van der Waals surface area contributed by atoms with E-state index in [0.717, 1.165) is 12.0 Å². The first-order valence-corrected chi connectivity index (χ1v) is 12.0. The number of sulfonamides is 1. The Labute approximate surface area is 190 Å². The lowest BCUT2D eigenvalue weighted by Crippen LogP contribution is -2.56. The number of nitrogens with zero attached hydrogens (tertiary/aromatic N) is 2. The molecule has 1 N–H and O–H groups in total. The van der Waals surface area contributed by atoms with Gasteiger partial charge in [-0.3, -0.25) is 4.79 Å². The average Bonchev–Trinajstić information content (AvgIpc) is 2.92. The molecule has 1 unspecified atom stereocenters. The summed E-state index contributed by atoms with van der Waals surface area (Å²) in [5.41, 5.74) is -0.388. The molecule has 0 spiro atoms. The molecule has 0 aliphatic carbocycles. The van der Waals surface area contributed by atoms with Crippen LogP contribution in [0.15, 0.2) is 66.2 Å². The summed E-state index contributed by atoms with van der Waals surface area (Å²) in [6.45, 7) is 11.3. The van der Waals surface area contributed by atoms with E-state index >= 15 is 0 Å². The van der Waals surface area contributed by atoms with E-state index in [1.807, 2.05) is 58.0 Å². The summed E-state index contributed by atoms with van der Waals surface area (Å²) in [5, 5.41) is 2.87. The van der Waals surface area contributed by atoms with Gasteiger partial charge in [-0.25, -0.2) is 13.4 Å². The van der Waals surface area contributed by atoms with E-state index in [4.69, 9.17) is 4.74 Å². The highest BCUT2D eigenvalue weighted by atomic mass is 32.2. The maximum atomic E-state index is 13.6. The summed E-state index contributed by atoms with van der Waals surface area (Å²) in [7, 11) is -3.87. The van der Waals surface area contributed by atoms with Gasteiger partial charge in [-0.15, -0.1) is 0 Å². The van der Waals surface area contributed by atoms with Gasteiger partial charge in [0.2, 0.25) is 21.8 Å². The minimum absolute atomic E-state index is 0.0877. The van der Waals surface area contributed by atoms with Crippen LogP contribution in [0.2, 0.25) is 0 Å². The number of carbonyl (C=O) groups excluding carboxylic acids is 1. The summed E-state index contributed by atoms with van der Waals surface area (Å²) in [6, 6.07) is 12.7. The predicted molar refractivity (Wildman–Crippen MR) is 124 cm³/mol. The second kappa shape index (κ2) is 9.03. The highest BCUT2D eigenvalue weighted by Crippen LogP contribution is 2.44. The highest BCUT2D eigenvalue weighted by molar-refractivity contribution is 7.89. The Balaban J connectivity index is 1.76. The number of rotatable bonds is 8. The minimum Gasteiger partial charge on any atom is -0.477 e. The van der Waals surface area contributed by atoms with Gasteiger partial charge in [-0.1, -0.05) is 36.9 Å². The van der Waals surface area contributed by atoms with Crippen molar-refractivity contribution in [3.8, 4) is 5.88 Å². The number of nitrogens with one attached hydrogen (secondary N) is 1. The Hall–Kier alpha value is -2.71. The number of pyridine rings is 1. The van der Waals surface area contributed by atoms with Gasteiger partial charge in [0.05, 0.1) is 18.3 Å². The normalized spacial score (nSPS) is 19.9. The van der Waals surface area contributed by atoms with E-state index in [1.54, 1.807) is 6.07 Å². The van der Waals surface area contributed by atoms with Crippen LogP contribution in [0.5, 0.6) is 5.88 Å². The van der Waals surface area contributed by atoms with Crippen molar-refractivity contribution in [3.05, 3.63) is 66.9 Å². The van der Waals surface area contributed by atoms with Crippen LogP contribution in [-0.4, -0.2) is 47.3 Å². The van der Waals surface area contributed by atoms with E-state index in [-0.39, 0.29) is 16.8 Å².